The van der Waals surface area contributed by atoms with E-state index in [2.05, 4.69) is 5.73 Å². The molecule has 0 aliphatic heterocycles. The second-order valence-electron chi connectivity index (χ2n) is 1.14. The zero-order chi connectivity index (χ0) is 6.57. The number of halogens is 2. The lowest BCUT2D eigenvalue weighted by Crippen LogP contribution is -2.33. The molecule has 48 valence electrons. The summed E-state index contributed by atoms with van der Waals surface area (Å²) in [6.07, 6.45) is -2.53. The summed E-state index contributed by atoms with van der Waals surface area (Å²) in [5.41, 5.74) is 4.46. The van der Waals surface area contributed by atoms with Gasteiger partial charge in [-0.25, -0.2) is 13.6 Å². The lowest BCUT2D eigenvalue weighted by Gasteiger charge is -1.96. The summed E-state index contributed by atoms with van der Waals surface area (Å²) < 4.78 is 22.2. The standard InChI is InChI=1S/C3H6F2N2O/c4-2(5)1-7-3(6)8/h2H,1H2,(H3,6,7,8). The zero-order valence-electron chi connectivity index (χ0n) is 4.03. The number of nitrogens with one attached hydrogen (secondary N) is 1. The molecule has 0 fully saturated rings. The van der Waals surface area contributed by atoms with Gasteiger partial charge < -0.3 is 11.1 Å². The number of nitrogens with two attached hydrogens (primary N) is 1. The molecule has 3 N–H and O–H groups in total. The van der Waals surface area contributed by atoms with E-state index in [1.54, 1.807) is 5.32 Å². The second kappa shape index (κ2) is 3.17. The molecule has 0 spiro atoms. The number of rotatable bonds is 2. The van der Waals surface area contributed by atoms with Crippen LogP contribution in [0.1, 0.15) is 0 Å². The third kappa shape index (κ3) is 5.13. The number of primary amides is 1. The van der Waals surface area contributed by atoms with Crippen LogP contribution in [0.2, 0.25) is 0 Å². The van der Waals surface area contributed by atoms with Gasteiger partial charge in [0.05, 0.1) is 6.54 Å². The maximum Gasteiger partial charge on any atom is 0.312 e. The van der Waals surface area contributed by atoms with Gasteiger partial charge in [-0.2, -0.15) is 0 Å². The van der Waals surface area contributed by atoms with Gasteiger partial charge in [-0.3, -0.25) is 0 Å². The fourth-order valence-corrected chi connectivity index (χ4v) is 0.178. The Morgan fingerprint density at radius 3 is 2.38 bits per heavy atom. The third-order valence-corrected chi connectivity index (χ3v) is 0.431. The highest BCUT2D eigenvalue weighted by molar-refractivity contribution is 5.71. The first-order chi connectivity index (χ1) is 3.63. The topological polar surface area (TPSA) is 55.1 Å². The maximum absolute atomic E-state index is 11.1. The highest BCUT2D eigenvalue weighted by Gasteiger charge is 2.00. The van der Waals surface area contributed by atoms with E-state index in [1.165, 1.54) is 0 Å². The average molecular weight is 124 g/mol. The van der Waals surface area contributed by atoms with E-state index in [9.17, 15) is 13.6 Å². The number of urea groups is 1. The Morgan fingerprint density at radius 2 is 2.25 bits per heavy atom. The van der Waals surface area contributed by atoms with Crippen molar-refractivity contribution in [3.63, 3.8) is 0 Å². The van der Waals surface area contributed by atoms with Gasteiger partial charge in [0.15, 0.2) is 0 Å². The van der Waals surface area contributed by atoms with Crippen molar-refractivity contribution in [2.45, 2.75) is 6.43 Å². The Morgan fingerprint density at radius 1 is 1.75 bits per heavy atom. The quantitative estimate of drug-likeness (QED) is 0.531. The SMILES string of the molecule is NC(=O)NCC(F)F. The molecule has 0 radical (unpaired) electrons. The van der Waals surface area contributed by atoms with Crippen molar-refractivity contribution in [1.82, 2.24) is 5.32 Å². The van der Waals surface area contributed by atoms with Crippen LogP contribution >= 0.6 is 0 Å². The van der Waals surface area contributed by atoms with Crippen LogP contribution in [0, 0.1) is 0 Å². The zero-order valence-corrected chi connectivity index (χ0v) is 4.03. The molecule has 0 aromatic rings. The molecule has 2 amide bonds. The van der Waals surface area contributed by atoms with Crippen molar-refractivity contribution < 1.29 is 13.6 Å². The number of alkyl halides is 2. The van der Waals surface area contributed by atoms with E-state index < -0.39 is 19.0 Å². The van der Waals surface area contributed by atoms with Crippen LogP contribution in [0.4, 0.5) is 13.6 Å². The van der Waals surface area contributed by atoms with E-state index in [1.807, 2.05) is 0 Å². The highest BCUT2D eigenvalue weighted by Crippen LogP contribution is 1.85. The van der Waals surface area contributed by atoms with Gasteiger partial charge >= 0.3 is 6.03 Å². The van der Waals surface area contributed by atoms with Gasteiger partial charge in [0, 0.05) is 0 Å². The molecular weight excluding hydrogens is 118 g/mol. The van der Waals surface area contributed by atoms with Gasteiger partial charge in [-0.15, -0.1) is 0 Å². The van der Waals surface area contributed by atoms with Gasteiger partial charge in [0.2, 0.25) is 0 Å². The molecule has 0 bridgehead atoms. The van der Waals surface area contributed by atoms with Crippen molar-refractivity contribution in [2.75, 3.05) is 6.54 Å². The van der Waals surface area contributed by atoms with Crippen molar-refractivity contribution in [1.29, 1.82) is 0 Å². The van der Waals surface area contributed by atoms with Crippen molar-refractivity contribution in [2.24, 2.45) is 5.73 Å². The first-order valence-electron chi connectivity index (χ1n) is 1.94. The lowest BCUT2D eigenvalue weighted by atomic mass is 10.7. The van der Waals surface area contributed by atoms with Crippen molar-refractivity contribution in [3.05, 3.63) is 0 Å². The molecule has 0 aliphatic rings. The van der Waals surface area contributed by atoms with Crippen LogP contribution in [0.15, 0.2) is 0 Å². The molecule has 0 rings (SSSR count). The molecule has 0 heterocycles. The molecule has 0 saturated heterocycles. The van der Waals surface area contributed by atoms with Gasteiger partial charge in [0.25, 0.3) is 6.43 Å². The molecular formula is C3H6F2N2O. The Balaban J connectivity index is 3.05. The minimum absolute atomic E-state index is 0.671. The molecule has 0 saturated carbocycles. The summed E-state index contributed by atoms with van der Waals surface area (Å²) in [4.78, 5) is 9.68. The number of amides is 2. The summed E-state index contributed by atoms with van der Waals surface area (Å²) in [6, 6.07) is -0.926. The third-order valence-electron chi connectivity index (χ3n) is 0.431. The van der Waals surface area contributed by atoms with Crippen LogP contribution < -0.4 is 11.1 Å². The molecule has 0 atom stereocenters. The van der Waals surface area contributed by atoms with Gasteiger partial charge in [-0.1, -0.05) is 0 Å². The van der Waals surface area contributed by atoms with Crippen LogP contribution in [0.25, 0.3) is 0 Å². The van der Waals surface area contributed by atoms with Crippen molar-refractivity contribution in [3.8, 4) is 0 Å². The van der Waals surface area contributed by atoms with Crippen LogP contribution in [0.5, 0.6) is 0 Å². The van der Waals surface area contributed by atoms with E-state index in [0.29, 0.717) is 0 Å². The van der Waals surface area contributed by atoms with Crippen LogP contribution in [-0.2, 0) is 0 Å². The van der Waals surface area contributed by atoms with E-state index >= 15 is 0 Å². The summed E-state index contributed by atoms with van der Waals surface area (Å²) >= 11 is 0. The second-order valence-corrected chi connectivity index (χ2v) is 1.14. The normalized spacial score (nSPS) is 9.38. The molecule has 0 aromatic heterocycles. The summed E-state index contributed by atoms with van der Waals surface area (Å²) in [7, 11) is 0. The predicted octanol–water partition coefficient (Wildman–Crippen LogP) is -0.0802. The number of hydrogen-bond donors (Lipinski definition) is 2. The molecule has 0 aliphatic carbocycles. The molecule has 0 unspecified atom stereocenters. The minimum atomic E-state index is -2.53. The number of carbonyl (C=O) groups is 1. The monoisotopic (exact) mass is 124 g/mol. The van der Waals surface area contributed by atoms with Gasteiger partial charge in [0.1, 0.15) is 0 Å². The first-order valence-corrected chi connectivity index (χ1v) is 1.94. The summed E-state index contributed by atoms with van der Waals surface area (Å²) in [5.74, 6) is 0. The van der Waals surface area contributed by atoms with Crippen molar-refractivity contribution >= 4 is 6.03 Å². The Kier molecular flexibility index (Phi) is 2.83. The van der Waals surface area contributed by atoms with Crippen LogP contribution in [0.3, 0.4) is 0 Å². The molecule has 3 nitrogen and oxygen atoms in total. The summed E-state index contributed by atoms with van der Waals surface area (Å²) in [6.45, 7) is -0.671. The lowest BCUT2D eigenvalue weighted by molar-refractivity contribution is 0.147. The molecule has 0 aromatic carbocycles. The van der Waals surface area contributed by atoms with E-state index in [-0.39, 0.29) is 0 Å². The fraction of sp³-hybridized carbons (Fsp3) is 0.667. The smallest absolute Gasteiger partial charge is 0.312 e. The van der Waals surface area contributed by atoms with E-state index in [4.69, 9.17) is 0 Å². The number of hydrogen-bond acceptors (Lipinski definition) is 1. The predicted molar refractivity (Wildman–Crippen MR) is 23.6 cm³/mol. The summed E-state index contributed by atoms with van der Waals surface area (Å²) in [5, 5.41) is 1.73. The Labute approximate surface area is 44.9 Å². The maximum atomic E-state index is 11.1. The highest BCUT2D eigenvalue weighted by atomic mass is 19.3. The largest absolute Gasteiger partial charge is 0.352 e. The molecule has 5 heteroatoms. The van der Waals surface area contributed by atoms with Gasteiger partial charge in [-0.05, 0) is 0 Å². The average Bonchev–Trinajstić information content (AvgIpc) is 1.61. The minimum Gasteiger partial charge on any atom is -0.352 e. The Bertz CT molecular complexity index is 85.4. The van der Waals surface area contributed by atoms with Crippen LogP contribution in [-0.4, -0.2) is 19.0 Å². The number of carbonyl (C=O) groups excluding carboxylic acids is 1. The Hall–Kier alpha value is -0.870. The fourth-order valence-electron chi connectivity index (χ4n) is 0.178. The molecule has 8 heavy (non-hydrogen) atoms. The van der Waals surface area contributed by atoms with E-state index in [0.717, 1.165) is 0 Å². The first kappa shape index (κ1) is 7.13.